The number of hydrogen-bond donors (Lipinski definition) is 1. The fourth-order valence-corrected chi connectivity index (χ4v) is 1.01. The topological polar surface area (TPSA) is 49.8 Å². The molecule has 80 valence electrons. The molecule has 0 bridgehead atoms. The molecule has 15 heavy (non-hydrogen) atoms. The Bertz CT molecular complexity index is 393. The monoisotopic (exact) mass is 226 g/mol. The van der Waals surface area contributed by atoms with E-state index >= 15 is 0 Å². The van der Waals surface area contributed by atoms with E-state index < -0.39 is 0 Å². The lowest BCUT2D eigenvalue weighted by Gasteiger charge is -1.99. The third kappa shape index (κ3) is 4.04. The van der Waals surface area contributed by atoms with Crippen LogP contribution < -0.4 is 0 Å². The number of carbonyl (C=O) groups excluding carboxylic acids is 1. The van der Waals surface area contributed by atoms with Crippen LogP contribution in [0.3, 0.4) is 0 Å². The number of phenols is 1. The number of rotatable bonds is 1. The SMILES string of the molecule is C=C1CO1.CC(=O)c1cc(Cl)ccc1O. The van der Waals surface area contributed by atoms with Gasteiger partial charge in [-0.2, -0.15) is 0 Å². The van der Waals surface area contributed by atoms with E-state index in [0.29, 0.717) is 5.02 Å². The number of ketones is 1. The highest BCUT2D eigenvalue weighted by Crippen LogP contribution is 2.21. The molecule has 1 aromatic rings. The van der Waals surface area contributed by atoms with E-state index in [9.17, 15) is 4.79 Å². The van der Waals surface area contributed by atoms with Crippen LogP contribution in [0, 0.1) is 0 Å². The van der Waals surface area contributed by atoms with E-state index in [0.717, 1.165) is 12.4 Å². The Morgan fingerprint density at radius 1 is 1.60 bits per heavy atom. The van der Waals surface area contributed by atoms with E-state index in [-0.39, 0.29) is 17.1 Å². The summed E-state index contributed by atoms with van der Waals surface area (Å²) in [5.41, 5.74) is 0.262. The van der Waals surface area contributed by atoms with Gasteiger partial charge in [0.25, 0.3) is 0 Å². The van der Waals surface area contributed by atoms with Gasteiger partial charge in [-0.05, 0) is 25.1 Å². The number of carbonyl (C=O) groups is 1. The van der Waals surface area contributed by atoms with Gasteiger partial charge in [-0.3, -0.25) is 4.79 Å². The maximum absolute atomic E-state index is 10.8. The van der Waals surface area contributed by atoms with Crippen molar-refractivity contribution in [3.8, 4) is 5.75 Å². The molecule has 1 N–H and O–H groups in total. The lowest BCUT2D eigenvalue weighted by atomic mass is 10.1. The summed E-state index contributed by atoms with van der Waals surface area (Å²) in [7, 11) is 0. The number of halogens is 1. The molecule has 0 aromatic heterocycles. The number of epoxide rings is 1. The molecule has 1 heterocycles. The molecule has 0 saturated carbocycles. The largest absolute Gasteiger partial charge is 0.507 e. The first kappa shape index (κ1) is 11.6. The van der Waals surface area contributed by atoms with Gasteiger partial charge >= 0.3 is 0 Å². The molecule has 0 atom stereocenters. The standard InChI is InChI=1S/C8H7ClO2.C3H4O/c1-5(10)7-4-6(9)2-3-8(7)11;1-3-2-4-3/h2-4,11H,1H3;1-2H2. The summed E-state index contributed by atoms with van der Waals surface area (Å²) in [5, 5.41) is 9.58. The van der Waals surface area contributed by atoms with Gasteiger partial charge in [0, 0.05) is 5.02 Å². The van der Waals surface area contributed by atoms with Crippen molar-refractivity contribution in [2.24, 2.45) is 0 Å². The number of aromatic hydroxyl groups is 1. The summed E-state index contributed by atoms with van der Waals surface area (Å²) in [6.45, 7) is 5.62. The molecule has 0 radical (unpaired) electrons. The minimum atomic E-state index is -0.190. The third-order valence-electron chi connectivity index (χ3n) is 1.69. The van der Waals surface area contributed by atoms with Crippen LogP contribution in [0.5, 0.6) is 5.75 Å². The molecule has 1 aliphatic heterocycles. The van der Waals surface area contributed by atoms with E-state index in [1.807, 2.05) is 0 Å². The number of Topliss-reactive ketones (excluding diaryl/α,β-unsaturated/α-hetero) is 1. The molecule has 1 saturated heterocycles. The van der Waals surface area contributed by atoms with Crippen LogP contribution in [0.2, 0.25) is 5.02 Å². The lowest BCUT2D eigenvalue weighted by molar-refractivity contribution is 0.101. The molecule has 1 fully saturated rings. The van der Waals surface area contributed by atoms with Gasteiger partial charge in [0.1, 0.15) is 18.1 Å². The van der Waals surface area contributed by atoms with Gasteiger partial charge < -0.3 is 9.84 Å². The number of hydrogen-bond acceptors (Lipinski definition) is 3. The van der Waals surface area contributed by atoms with Crippen molar-refractivity contribution >= 4 is 17.4 Å². The summed E-state index contributed by atoms with van der Waals surface area (Å²) in [5.74, 6) is 0.701. The molecule has 1 aromatic carbocycles. The van der Waals surface area contributed by atoms with E-state index in [4.69, 9.17) is 16.7 Å². The zero-order valence-electron chi connectivity index (χ0n) is 8.29. The van der Waals surface area contributed by atoms with E-state index in [2.05, 4.69) is 11.3 Å². The first-order valence-corrected chi connectivity index (χ1v) is 4.68. The smallest absolute Gasteiger partial charge is 0.163 e. The molecule has 0 aliphatic carbocycles. The van der Waals surface area contributed by atoms with Crippen molar-refractivity contribution < 1.29 is 14.6 Å². The highest BCUT2D eigenvalue weighted by molar-refractivity contribution is 6.31. The fraction of sp³-hybridized carbons (Fsp3) is 0.182. The second-order valence-corrected chi connectivity index (χ2v) is 3.48. The van der Waals surface area contributed by atoms with Crippen molar-refractivity contribution in [3.05, 3.63) is 41.1 Å². The fourth-order valence-electron chi connectivity index (χ4n) is 0.841. The van der Waals surface area contributed by atoms with E-state index in [1.54, 1.807) is 0 Å². The molecular formula is C11H11ClO3. The van der Waals surface area contributed by atoms with Gasteiger partial charge in [-0.15, -0.1) is 0 Å². The maximum Gasteiger partial charge on any atom is 0.163 e. The van der Waals surface area contributed by atoms with Crippen molar-refractivity contribution in [1.29, 1.82) is 0 Å². The van der Waals surface area contributed by atoms with E-state index in [1.165, 1.54) is 25.1 Å². The lowest BCUT2D eigenvalue weighted by Crippen LogP contribution is -1.91. The number of benzene rings is 1. The maximum atomic E-state index is 10.8. The molecule has 0 amide bonds. The Labute approximate surface area is 92.9 Å². The van der Waals surface area contributed by atoms with Crippen molar-refractivity contribution in [2.45, 2.75) is 6.92 Å². The summed E-state index contributed by atoms with van der Waals surface area (Å²) >= 11 is 5.60. The Morgan fingerprint density at radius 2 is 2.13 bits per heavy atom. The van der Waals surface area contributed by atoms with Gasteiger partial charge in [-0.1, -0.05) is 18.2 Å². The average Bonchev–Trinajstić information content (AvgIpc) is 2.93. The van der Waals surface area contributed by atoms with Gasteiger partial charge in [0.15, 0.2) is 5.78 Å². The summed E-state index contributed by atoms with van der Waals surface area (Å²) in [4.78, 5) is 10.8. The molecule has 2 rings (SSSR count). The Kier molecular flexibility index (Phi) is 3.74. The molecule has 0 spiro atoms. The first-order valence-electron chi connectivity index (χ1n) is 4.30. The van der Waals surface area contributed by atoms with Crippen LogP contribution in [0.25, 0.3) is 0 Å². The zero-order chi connectivity index (χ0) is 11.4. The molecular weight excluding hydrogens is 216 g/mol. The highest BCUT2D eigenvalue weighted by atomic mass is 35.5. The number of ether oxygens (including phenoxy) is 1. The predicted octanol–water partition coefficient (Wildman–Crippen LogP) is 2.78. The Hall–Kier alpha value is -1.48. The average molecular weight is 227 g/mol. The first-order chi connectivity index (χ1) is 7.00. The summed E-state index contributed by atoms with van der Waals surface area (Å²) in [6.07, 6.45) is 0. The minimum Gasteiger partial charge on any atom is -0.507 e. The second kappa shape index (κ2) is 4.84. The van der Waals surface area contributed by atoms with Gasteiger partial charge in [0.2, 0.25) is 0 Å². The Morgan fingerprint density at radius 3 is 2.47 bits per heavy atom. The number of phenolic OH excluding ortho intramolecular Hbond substituents is 1. The zero-order valence-corrected chi connectivity index (χ0v) is 9.04. The second-order valence-electron chi connectivity index (χ2n) is 3.05. The summed E-state index contributed by atoms with van der Waals surface area (Å²) < 4.78 is 4.51. The van der Waals surface area contributed by atoms with Crippen molar-refractivity contribution in [3.63, 3.8) is 0 Å². The molecule has 1 aliphatic rings. The van der Waals surface area contributed by atoms with Crippen LogP contribution in [-0.2, 0) is 4.74 Å². The Balaban J connectivity index is 0.000000234. The third-order valence-corrected chi connectivity index (χ3v) is 1.92. The van der Waals surface area contributed by atoms with Crippen molar-refractivity contribution in [1.82, 2.24) is 0 Å². The predicted molar refractivity (Wildman–Crippen MR) is 58.2 cm³/mol. The van der Waals surface area contributed by atoms with Gasteiger partial charge in [-0.25, -0.2) is 0 Å². The van der Waals surface area contributed by atoms with Crippen LogP contribution in [0.1, 0.15) is 17.3 Å². The highest BCUT2D eigenvalue weighted by Gasteiger charge is 2.05. The van der Waals surface area contributed by atoms with Gasteiger partial charge in [0.05, 0.1) is 5.56 Å². The normalized spacial score (nSPS) is 12.3. The molecule has 0 unspecified atom stereocenters. The molecule has 3 nitrogen and oxygen atoms in total. The van der Waals surface area contributed by atoms with Crippen LogP contribution in [0.15, 0.2) is 30.5 Å². The van der Waals surface area contributed by atoms with Crippen LogP contribution >= 0.6 is 11.6 Å². The van der Waals surface area contributed by atoms with Crippen LogP contribution in [-0.4, -0.2) is 17.5 Å². The quantitative estimate of drug-likeness (QED) is 0.592. The minimum absolute atomic E-state index is 0.0260. The summed E-state index contributed by atoms with van der Waals surface area (Å²) in [6, 6.07) is 4.38. The van der Waals surface area contributed by atoms with Crippen molar-refractivity contribution in [2.75, 3.05) is 6.61 Å². The molecule has 4 heteroatoms. The van der Waals surface area contributed by atoms with Crippen LogP contribution in [0.4, 0.5) is 0 Å².